The summed E-state index contributed by atoms with van der Waals surface area (Å²) in [5.74, 6) is -0.0171. The first-order valence-corrected chi connectivity index (χ1v) is 6.74. The minimum atomic E-state index is -0.0171. The lowest BCUT2D eigenvalue weighted by atomic mass is 10.1. The van der Waals surface area contributed by atoms with Gasteiger partial charge in [-0.3, -0.25) is 4.79 Å². The summed E-state index contributed by atoms with van der Waals surface area (Å²) in [5.41, 5.74) is 9.22. The Morgan fingerprint density at radius 3 is 2.45 bits per heavy atom. The quantitative estimate of drug-likeness (QED) is 0.867. The zero-order valence-electron chi connectivity index (χ0n) is 12.0. The molecule has 20 heavy (non-hydrogen) atoms. The van der Waals surface area contributed by atoms with Crippen molar-refractivity contribution >= 4 is 11.6 Å². The minimum absolute atomic E-state index is 0.0171. The molecule has 2 aromatic rings. The van der Waals surface area contributed by atoms with E-state index in [9.17, 15) is 4.79 Å². The molecule has 0 aromatic heterocycles. The second-order valence-corrected chi connectivity index (χ2v) is 5.00. The summed E-state index contributed by atoms with van der Waals surface area (Å²) >= 11 is 0. The van der Waals surface area contributed by atoms with Gasteiger partial charge in [0.25, 0.3) is 5.91 Å². The van der Waals surface area contributed by atoms with Crippen LogP contribution in [0.1, 0.15) is 21.5 Å². The van der Waals surface area contributed by atoms with Gasteiger partial charge in [0.1, 0.15) is 0 Å². The largest absolute Gasteiger partial charge is 0.398 e. The van der Waals surface area contributed by atoms with Gasteiger partial charge >= 0.3 is 0 Å². The van der Waals surface area contributed by atoms with Gasteiger partial charge in [-0.25, -0.2) is 0 Å². The topological polar surface area (TPSA) is 46.3 Å². The van der Waals surface area contributed by atoms with Crippen LogP contribution in [0.4, 0.5) is 5.69 Å². The van der Waals surface area contributed by atoms with Crippen LogP contribution in [-0.4, -0.2) is 24.4 Å². The predicted molar refractivity (Wildman–Crippen MR) is 82.7 cm³/mol. The monoisotopic (exact) mass is 268 g/mol. The Balaban J connectivity index is 2.06. The van der Waals surface area contributed by atoms with Crippen molar-refractivity contribution in [3.8, 4) is 0 Å². The molecule has 0 aliphatic carbocycles. The van der Waals surface area contributed by atoms with Gasteiger partial charge in [0.15, 0.2) is 0 Å². The molecule has 0 bridgehead atoms. The normalized spacial score (nSPS) is 10.3. The zero-order valence-corrected chi connectivity index (χ0v) is 12.0. The number of anilines is 1. The third kappa shape index (κ3) is 3.18. The maximum atomic E-state index is 12.5. The highest BCUT2D eigenvalue weighted by Crippen LogP contribution is 2.18. The molecule has 0 unspecified atom stereocenters. The van der Waals surface area contributed by atoms with Crippen LogP contribution < -0.4 is 5.73 Å². The van der Waals surface area contributed by atoms with Crippen molar-refractivity contribution in [3.63, 3.8) is 0 Å². The number of hydrogen-bond donors (Lipinski definition) is 1. The molecular weight excluding hydrogens is 248 g/mol. The molecule has 0 spiro atoms. The van der Waals surface area contributed by atoms with Crippen molar-refractivity contribution in [2.45, 2.75) is 13.3 Å². The first-order valence-electron chi connectivity index (χ1n) is 6.74. The Morgan fingerprint density at radius 2 is 1.80 bits per heavy atom. The van der Waals surface area contributed by atoms with E-state index in [1.54, 1.807) is 11.0 Å². The molecule has 2 rings (SSSR count). The lowest BCUT2D eigenvalue weighted by Crippen LogP contribution is -2.30. The van der Waals surface area contributed by atoms with Gasteiger partial charge in [-0.05, 0) is 30.5 Å². The third-order valence-electron chi connectivity index (χ3n) is 3.44. The number of carbonyl (C=O) groups is 1. The Bertz CT molecular complexity index is 573. The van der Waals surface area contributed by atoms with Gasteiger partial charge < -0.3 is 10.6 Å². The molecule has 0 saturated heterocycles. The number of nitrogens with zero attached hydrogens (tertiary/aromatic N) is 1. The van der Waals surface area contributed by atoms with Gasteiger partial charge in [0.05, 0.1) is 5.56 Å². The van der Waals surface area contributed by atoms with E-state index < -0.39 is 0 Å². The zero-order chi connectivity index (χ0) is 14.5. The molecule has 0 saturated carbocycles. The molecule has 0 radical (unpaired) electrons. The summed E-state index contributed by atoms with van der Waals surface area (Å²) < 4.78 is 0. The number of carbonyl (C=O) groups excluding carboxylic acids is 1. The summed E-state index contributed by atoms with van der Waals surface area (Å²) in [7, 11) is 1.82. The van der Waals surface area contributed by atoms with Crippen LogP contribution in [0, 0.1) is 6.92 Å². The van der Waals surface area contributed by atoms with Crippen molar-refractivity contribution in [2.75, 3.05) is 19.3 Å². The molecule has 0 aliphatic rings. The third-order valence-corrected chi connectivity index (χ3v) is 3.44. The Morgan fingerprint density at radius 1 is 1.10 bits per heavy atom. The summed E-state index contributed by atoms with van der Waals surface area (Å²) in [6.45, 7) is 2.59. The van der Waals surface area contributed by atoms with E-state index in [2.05, 4.69) is 12.1 Å². The Hall–Kier alpha value is -2.29. The molecule has 2 aromatic carbocycles. The average molecular weight is 268 g/mol. The molecule has 3 nitrogen and oxygen atoms in total. The van der Waals surface area contributed by atoms with Crippen LogP contribution in [0.5, 0.6) is 0 Å². The standard InChI is InChI=1S/C17H20N2O/c1-13-7-6-10-15(18)16(13)17(20)19(2)12-11-14-8-4-3-5-9-14/h3-10H,11-12,18H2,1-2H3. The Kier molecular flexibility index (Phi) is 4.41. The van der Waals surface area contributed by atoms with Gasteiger partial charge in [0, 0.05) is 19.3 Å². The van der Waals surface area contributed by atoms with Crippen molar-refractivity contribution in [1.29, 1.82) is 0 Å². The van der Waals surface area contributed by atoms with E-state index >= 15 is 0 Å². The van der Waals surface area contributed by atoms with Gasteiger partial charge in [0.2, 0.25) is 0 Å². The molecule has 0 fully saturated rings. The van der Waals surface area contributed by atoms with E-state index in [-0.39, 0.29) is 5.91 Å². The highest BCUT2D eigenvalue weighted by Gasteiger charge is 2.16. The number of amides is 1. The first-order chi connectivity index (χ1) is 9.59. The van der Waals surface area contributed by atoms with Crippen LogP contribution in [0.25, 0.3) is 0 Å². The van der Waals surface area contributed by atoms with Crippen LogP contribution in [0.3, 0.4) is 0 Å². The van der Waals surface area contributed by atoms with E-state index in [1.807, 2.05) is 44.3 Å². The first kappa shape index (κ1) is 14.1. The molecule has 0 heterocycles. The fraction of sp³-hybridized carbons (Fsp3) is 0.235. The fourth-order valence-corrected chi connectivity index (χ4v) is 2.22. The van der Waals surface area contributed by atoms with Crippen molar-refractivity contribution in [1.82, 2.24) is 4.90 Å². The molecule has 104 valence electrons. The highest BCUT2D eigenvalue weighted by molar-refractivity contribution is 6.00. The number of likely N-dealkylation sites (N-methyl/N-ethyl adjacent to an activating group) is 1. The van der Waals surface area contributed by atoms with Crippen LogP contribution in [0.15, 0.2) is 48.5 Å². The predicted octanol–water partition coefficient (Wildman–Crippen LogP) is 2.89. The van der Waals surface area contributed by atoms with Crippen LogP contribution in [0.2, 0.25) is 0 Å². The lowest BCUT2D eigenvalue weighted by Gasteiger charge is -2.19. The van der Waals surface area contributed by atoms with Crippen molar-refractivity contribution < 1.29 is 4.79 Å². The maximum Gasteiger partial charge on any atom is 0.255 e. The van der Waals surface area contributed by atoms with Gasteiger partial charge in [-0.2, -0.15) is 0 Å². The minimum Gasteiger partial charge on any atom is -0.398 e. The molecule has 3 heteroatoms. The number of aryl methyl sites for hydroxylation is 1. The van der Waals surface area contributed by atoms with Gasteiger partial charge in [-0.15, -0.1) is 0 Å². The summed E-state index contributed by atoms with van der Waals surface area (Å²) in [6, 6.07) is 15.7. The van der Waals surface area contributed by atoms with Crippen LogP contribution >= 0.6 is 0 Å². The highest BCUT2D eigenvalue weighted by atomic mass is 16.2. The number of benzene rings is 2. The summed E-state index contributed by atoms with van der Waals surface area (Å²) in [5, 5.41) is 0. The van der Waals surface area contributed by atoms with E-state index in [1.165, 1.54) is 5.56 Å². The molecular formula is C17H20N2O. The summed E-state index contributed by atoms with van der Waals surface area (Å²) in [6.07, 6.45) is 0.842. The number of nitrogens with two attached hydrogens (primary N) is 1. The lowest BCUT2D eigenvalue weighted by molar-refractivity contribution is 0.0797. The van der Waals surface area contributed by atoms with E-state index in [0.717, 1.165) is 12.0 Å². The number of rotatable bonds is 4. The second kappa shape index (κ2) is 6.24. The molecule has 0 aliphatic heterocycles. The summed E-state index contributed by atoms with van der Waals surface area (Å²) in [4.78, 5) is 14.2. The van der Waals surface area contributed by atoms with Gasteiger partial charge in [-0.1, -0.05) is 42.5 Å². The average Bonchev–Trinajstić information content (AvgIpc) is 2.45. The SMILES string of the molecule is Cc1cccc(N)c1C(=O)N(C)CCc1ccccc1. The maximum absolute atomic E-state index is 12.5. The van der Waals surface area contributed by atoms with E-state index in [4.69, 9.17) is 5.73 Å². The number of nitrogen functional groups attached to an aromatic ring is 1. The van der Waals surface area contributed by atoms with Crippen LogP contribution in [-0.2, 0) is 6.42 Å². The second-order valence-electron chi connectivity index (χ2n) is 5.00. The molecule has 2 N–H and O–H groups in total. The van der Waals surface area contributed by atoms with E-state index in [0.29, 0.717) is 17.8 Å². The van der Waals surface area contributed by atoms with Crippen molar-refractivity contribution in [2.24, 2.45) is 0 Å². The van der Waals surface area contributed by atoms with Crippen molar-refractivity contribution in [3.05, 3.63) is 65.2 Å². The molecule has 0 atom stereocenters. The Labute approximate surface area is 120 Å². The fourth-order valence-electron chi connectivity index (χ4n) is 2.22. The number of hydrogen-bond acceptors (Lipinski definition) is 2. The molecule has 1 amide bonds. The smallest absolute Gasteiger partial charge is 0.255 e.